The molecule has 0 radical (unpaired) electrons. The van der Waals surface area contributed by atoms with Gasteiger partial charge >= 0.3 is 0 Å². The van der Waals surface area contributed by atoms with E-state index in [1.807, 2.05) is 55.5 Å². The number of rotatable bonds is 4. The van der Waals surface area contributed by atoms with Crippen molar-refractivity contribution in [2.24, 2.45) is 0 Å². The van der Waals surface area contributed by atoms with Gasteiger partial charge in [-0.15, -0.1) is 0 Å². The fraction of sp³-hybridized carbons (Fsp3) is 0.111. The highest BCUT2D eigenvalue weighted by atomic mass is 127. The first-order valence-electron chi connectivity index (χ1n) is 7.07. The lowest BCUT2D eigenvalue weighted by Gasteiger charge is -2.10. The Morgan fingerprint density at radius 3 is 2.30 bits per heavy atom. The molecule has 0 bridgehead atoms. The van der Waals surface area contributed by atoms with E-state index in [0.29, 0.717) is 5.69 Å². The number of amides is 2. The molecule has 23 heavy (non-hydrogen) atoms. The highest BCUT2D eigenvalue weighted by Crippen LogP contribution is 2.14. The summed E-state index contributed by atoms with van der Waals surface area (Å²) in [5.74, 6) is -0.646. The molecule has 0 aliphatic heterocycles. The van der Waals surface area contributed by atoms with Crippen LogP contribution in [0.25, 0.3) is 6.08 Å². The number of carbonyl (C=O) groups is 2. The summed E-state index contributed by atoms with van der Waals surface area (Å²) >= 11 is 2.20. The van der Waals surface area contributed by atoms with Gasteiger partial charge in [-0.05, 0) is 71.0 Å². The van der Waals surface area contributed by atoms with Gasteiger partial charge in [0.1, 0.15) is 5.70 Å². The zero-order chi connectivity index (χ0) is 16.8. The summed E-state index contributed by atoms with van der Waals surface area (Å²) in [4.78, 5) is 23.9. The first kappa shape index (κ1) is 17.2. The highest BCUT2D eigenvalue weighted by Gasteiger charge is 2.12. The second kappa shape index (κ2) is 7.92. The number of benzene rings is 2. The number of nitrogens with one attached hydrogen (secondary N) is 2. The molecular weight excluding hydrogens is 403 g/mol. The van der Waals surface area contributed by atoms with Crippen molar-refractivity contribution in [2.75, 3.05) is 5.32 Å². The van der Waals surface area contributed by atoms with E-state index >= 15 is 0 Å². The van der Waals surface area contributed by atoms with E-state index in [0.717, 1.165) is 14.7 Å². The van der Waals surface area contributed by atoms with Crippen molar-refractivity contribution in [1.82, 2.24) is 5.32 Å². The molecule has 0 aliphatic rings. The van der Waals surface area contributed by atoms with Gasteiger partial charge < -0.3 is 10.6 Å². The molecule has 2 amide bonds. The Bertz CT molecular complexity index is 752. The Morgan fingerprint density at radius 2 is 1.70 bits per heavy atom. The fourth-order valence-corrected chi connectivity index (χ4v) is 2.34. The molecule has 2 aromatic rings. The number of anilines is 1. The predicted octanol–water partition coefficient (Wildman–Crippen LogP) is 3.72. The van der Waals surface area contributed by atoms with E-state index in [2.05, 4.69) is 33.2 Å². The van der Waals surface area contributed by atoms with Crippen molar-refractivity contribution < 1.29 is 9.59 Å². The van der Waals surface area contributed by atoms with Crippen molar-refractivity contribution in [3.05, 3.63) is 68.9 Å². The third kappa shape index (κ3) is 5.21. The zero-order valence-corrected chi connectivity index (χ0v) is 15.0. The summed E-state index contributed by atoms with van der Waals surface area (Å²) in [6, 6.07) is 15.1. The van der Waals surface area contributed by atoms with Crippen LogP contribution in [0.5, 0.6) is 0 Å². The van der Waals surface area contributed by atoms with Crippen molar-refractivity contribution in [2.45, 2.75) is 13.8 Å². The predicted molar refractivity (Wildman–Crippen MR) is 101 cm³/mol. The van der Waals surface area contributed by atoms with Gasteiger partial charge in [0.25, 0.3) is 5.91 Å². The fourth-order valence-electron chi connectivity index (χ4n) is 1.98. The molecule has 0 unspecified atom stereocenters. The smallest absolute Gasteiger partial charge is 0.272 e. The van der Waals surface area contributed by atoms with E-state index in [-0.39, 0.29) is 17.5 Å². The number of halogens is 1. The van der Waals surface area contributed by atoms with E-state index in [4.69, 9.17) is 0 Å². The second-order valence-electron chi connectivity index (χ2n) is 5.06. The summed E-state index contributed by atoms with van der Waals surface area (Å²) in [5, 5.41) is 5.38. The maximum atomic E-state index is 12.5. The Balaban J connectivity index is 2.27. The quantitative estimate of drug-likeness (QED) is 0.585. The summed E-state index contributed by atoms with van der Waals surface area (Å²) in [7, 11) is 0. The highest BCUT2D eigenvalue weighted by molar-refractivity contribution is 14.1. The molecule has 0 saturated heterocycles. The van der Waals surface area contributed by atoms with Crippen LogP contribution in [0.1, 0.15) is 18.1 Å². The lowest BCUT2D eigenvalue weighted by molar-refractivity contribution is -0.120. The minimum Gasteiger partial charge on any atom is -0.322 e. The first-order valence-corrected chi connectivity index (χ1v) is 8.15. The standard InChI is InChI=1S/C18H17IN2O2/c1-12-5-3-4-6-14(12)11-17(20-13(2)22)18(23)21-16-9-7-15(19)8-10-16/h3-11H,1-2H3,(H,20,22)(H,21,23)/b17-11+. The van der Waals surface area contributed by atoms with Gasteiger partial charge in [-0.1, -0.05) is 24.3 Å². The summed E-state index contributed by atoms with van der Waals surface area (Å²) in [6.07, 6.45) is 1.68. The van der Waals surface area contributed by atoms with Crippen molar-refractivity contribution >= 4 is 46.2 Å². The molecular formula is C18H17IN2O2. The zero-order valence-electron chi connectivity index (χ0n) is 12.9. The van der Waals surface area contributed by atoms with Gasteiger partial charge in [-0.25, -0.2) is 0 Å². The van der Waals surface area contributed by atoms with Crippen LogP contribution in [0.4, 0.5) is 5.69 Å². The molecule has 0 spiro atoms. The van der Waals surface area contributed by atoms with E-state index in [9.17, 15) is 9.59 Å². The molecule has 0 saturated carbocycles. The summed E-state index contributed by atoms with van der Waals surface area (Å²) in [6.45, 7) is 3.33. The number of hydrogen-bond acceptors (Lipinski definition) is 2. The minimum absolute atomic E-state index is 0.213. The van der Waals surface area contributed by atoms with Gasteiger partial charge in [0.2, 0.25) is 5.91 Å². The van der Waals surface area contributed by atoms with E-state index in [1.54, 1.807) is 6.08 Å². The molecule has 2 N–H and O–H groups in total. The van der Waals surface area contributed by atoms with Crippen molar-refractivity contribution in [3.8, 4) is 0 Å². The molecule has 4 nitrogen and oxygen atoms in total. The Morgan fingerprint density at radius 1 is 1.04 bits per heavy atom. The average molecular weight is 420 g/mol. The molecule has 0 fully saturated rings. The molecule has 2 rings (SSSR count). The van der Waals surface area contributed by atoms with Gasteiger partial charge in [0.05, 0.1) is 0 Å². The molecule has 0 atom stereocenters. The Hall–Kier alpha value is -2.15. The average Bonchev–Trinajstić information content (AvgIpc) is 2.50. The SMILES string of the molecule is CC(=O)N/C(=C/c1ccccc1C)C(=O)Nc1ccc(I)cc1. The van der Waals surface area contributed by atoms with Crippen molar-refractivity contribution in [1.29, 1.82) is 0 Å². The van der Waals surface area contributed by atoms with Crippen LogP contribution in [0.15, 0.2) is 54.2 Å². The van der Waals surface area contributed by atoms with Gasteiger partial charge in [0, 0.05) is 16.2 Å². The van der Waals surface area contributed by atoms with Crippen LogP contribution in [0, 0.1) is 10.5 Å². The van der Waals surface area contributed by atoms with Crippen LogP contribution < -0.4 is 10.6 Å². The molecule has 0 heterocycles. The first-order chi connectivity index (χ1) is 11.0. The topological polar surface area (TPSA) is 58.2 Å². The third-order valence-electron chi connectivity index (χ3n) is 3.15. The molecule has 2 aromatic carbocycles. The van der Waals surface area contributed by atoms with Crippen LogP contribution in [0.3, 0.4) is 0 Å². The van der Waals surface area contributed by atoms with Crippen molar-refractivity contribution in [3.63, 3.8) is 0 Å². The second-order valence-corrected chi connectivity index (χ2v) is 6.30. The maximum absolute atomic E-state index is 12.5. The number of hydrogen-bond donors (Lipinski definition) is 2. The molecule has 118 valence electrons. The summed E-state index contributed by atoms with van der Waals surface area (Å²) in [5.41, 5.74) is 2.80. The molecule has 5 heteroatoms. The third-order valence-corrected chi connectivity index (χ3v) is 3.86. The lowest BCUT2D eigenvalue weighted by Crippen LogP contribution is -2.29. The van der Waals surface area contributed by atoms with Crippen LogP contribution >= 0.6 is 22.6 Å². The van der Waals surface area contributed by atoms with Crippen LogP contribution in [-0.4, -0.2) is 11.8 Å². The van der Waals surface area contributed by atoms with Gasteiger partial charge in [-0.3, -0.25) is 9.59 Å². The maximum Gasteiger partial charge on any atom is 0.272 e. The minimum atomic E-state index is -0.357. The van der Waals surface area contributed by atoms with E-state index in [1.165, 1.54) is 6.92 Å². The molecule has 0 aromatic heterocycles. The Labute approximate surface area is 149 Å². The van der Waals surface area contributed by atoms with Gasteiger partial charge in [-0.2, -0.15) is 0 Å². The number of aryl methyl sites for hydroxylation is 1. The largest absolute Gasteiger partial charge is 0.322 e. The molecule has 0 aliphatic carbocycles. The number of carbonyl (C=O) groups excluding carboxylic acids is 2. The summed E-state index contributed by atoms with van der Waals surface area (Å²) < 4.78 is 1.08. The van der Waals surface area contributed by atoms with Crippen LogP contribution in [-0.2, 0) is 9.59 Å². The van der Waals surface area contributed by atoms with E-state index < -0.39 is 0 Å². The van der Waals surface area contributed by atoms with Gasteiger partial charge in [0.15, 0.2) is 0 Å². The monoisotopic (exact) mass is 420 g/mol. The lowest BCUT2D eigenvalue weighted by atomic mass is 10.1. The van der Waals surface area contributed by atoms with Crippen LogP contribution in [0.2, 0.25) is 0 Å². The normalized spacial score (nSPS) is 11.0. The Kier molecular flexibility index (Phi) is 5.92.